The third-order valence-electron chi connectivity index (χ3n) is 5.75. The Kier molecular flexibility index (Phi) is 5.82. The van der Waals surface area contributed by atoms with Gasteiger partial charge < -0.3 is 20.6 Å². The fraction of sp³-hybridized carbons (Fsp3) is 0.650. The molecule has 0 bridgehead atoms. The zero-order valence-electron chi connectivity index (χ0n) is 15.7. The second-order valence-electron chi connectivity index (χ2n) is 7.96. The smallest absolute Gasteiger partial charge is 0.227 e. The molecule has 0 radical (unpaired) electrons. The van der Waals surface area contributed by atoms with E-state index >= 15 is 0 Å². The molecule has 26 heavy (non-hydrogen) atoms. The van der Waals surface area contributed by atoms with Crippen molar-refractivity contribution in [1.29, 1.82) is 0 Å². The van der Waals surface area contributed by atoms with Gasteiger partial charge in [-0.1, -0.05) is 0 Å². The van der Waals surface area contributed by atoms with E-state index in [1.54, 1.807) is 6.07 Å². The van der Waals surface area contributed by atoms with Crippen LogP contribution in [0.15, 0.2) is 18.2 Å². The zero-order chi connectivity index (χ0) is 18.7. The molecule has 0 aliphatic carbocycles. The summed E-state index contributed by atoms with van der Waals surface area (Å²) in [6, 6.07) is 4.49. The van der Waals surface area contributed by atoms with Gasteiger partial charge in [0.05, 0.1) is 17.6 Å². The Morgan fingerprint density at radius 3 is 2.81 bits per heavy atom. The summed E-state index contributed by atoms with van der Waals surface area (Å²) in [7, 11) is 0. The van der Waals surface area contributed by atoms with Crippen LogP contribution in [-0.4, -0.2) is 43.3 Å². The molecule has 0 unspecified atom stereocenters. The van der Waals surface area contributed by atoms with Gasteiger partial charge in [-0.15, -0.1) is 0 Å². The molecule has 144 valence electrons. The van der Waals surface area contributed by atoms with E-state index in [0.717, 1.165) is 43.7 Å². The molecule has 0 saturated carbocycles. The lowest BCUT2D eigenvalue weighted by Crippen LogP contribution is -2.49. The molecule has 0 spiro atoms. The van der Waals surface area contributed by atoms with Crippen LogP contribution >= 0.6 is 0 Å². The van der Waals surface area contributed by atoms with Gasteiger partial charge in [0, 0.05) is 30.9 Å². The van der Waals surface area contributed by atoms with E-state index in [9.17, 15) is 14.3 Å². The number of aliphatic hydroxyl groups is 1. The maximum absolute atomic E-state index is 13.9. The highest BCUT2D eigenvalue weighted by Gasteiger charge is 2.35. The number of hydrogen-bond donors (Lipinski definition) is 3. The Morgan fingerprint density at radius 1 is 1.42 bits per heavy atom. The second-order valence-corrected chi connectivity index (χ2v) is 7.96. The Labute approximate surface area is 155 Å². The van der Waals surface area contributed by atoms with E-state index in [-0.39, 0.29) is 23.9 Å². The largest absolute Gasteiger partial charge is 0.393 e. The van der Waals surface area contributed by atoms with Gasteiger partial charge in [0.1, 0.15) is 5.82 Å². The summed E-state index contributed by atoms with van der Waals surface area (Å²) in [5.41, 5.74) is 1.31. The summed E-state index contributed by atoms with van der Waals surface area (Å²) in [5.74, 6) is -0.283. The lowest BCUT2D eigenvalue weighted by molar-refractivity contribution is -0.131. The molecule has 1 aromatic rings. The van der Waals surface area contributed by atoms with Crippen molar-refractivity contribution < 1.29 is 14.3 Å². The number of nitrogens with zero attached hydrogens (tertiary/aromatic N) is 1. The number of carbonyl (C=O) groups excluding carboxylic acids is 1. The van der Waals surface area contributed by atoms with Crippen molar-refractivity contribution in [2.75, 3.05) is 31.1 Å². The fourth-order valence-electron chi connectivity index (χ4n) is 3.97. The van der Waals surface area contributed by atoms with Crippen molar-refractivity contribution in [3.63, 3.8) is 0 Å². The predicted molar refractivity (Wildman–Crippen MR) is 101 cm³/mol. The molecule has 2 fully saturated rings. The van der Waals surface area contributed by atoms with Gasteiger partial charge in [-0.3, -0.25) is 4.79 Å². The standard InChI is InChI=1S/C20H30FN3O2/c1-14(23-19(26)20(2)8-3-9-22-13-20)17-12-15(21)4-5-18(17)24-10-6-16(25)7-11-24/h4-5,12,14,16,22,25H,3,6-11,13H2,1-2H3,(H,23,26)/t14-,20-/m1/s1. The second kappa shape index (κ2) is 7.92. The van der Waals surface area contributed by atoms with Gasteiger partial charge in [-0.25, -0.2) is 4.39 Å². The first-order valence-corrected chi connectivity index (χ1v) is 9.63. The number of benzene rings is 1. The van der Waals surface area contributed by atoms with Crippen molar-refractivity contribution in [3.05, 3.63) is 29.6 Å². The van der Waals surface area contributed by atoms with Crippen LogP contribution in [0.1, 0.15) is 51.1 Å². The first-order chi connectivity index (χ1) is 12.4. The molecule has 2 aliphatic heterocycles. The van der Waals surface area contributed by atoms with Crippen molar-refractivity contribution in [2.45, 2.75) is 51.7 Å². The lowest BCUT2D eigenvalue weighted by Gasteiger charge is -2.36. The van der Waals surface area contributed by atoms with Crippen LogP contribution < -0.4 is 15.5 Å². The number of amides is 1. The average molecular weight is 363 g/mol. The average Bonchev–Trinajstić information content (AvgIpc) is 2.63. The van der Waals surface area contributed by atoms with E-state index in [1.807, 2.05) is 13.8 Å². The number of nitrogens with one attached hydrogen (secondary N) is 2. The van der Waals surface area contributed by atoms with E-state index in [0.29, 0.717) is 19.4 Å². The first-order valence-electron chi connectivity index (χ1n) is 9.63. The molecule has 2 aliphatic rings. The molecule has 1 aromatic carbocycles. The monoisotopic (exact) mass is 363 g/mol. The van der Waals surface area contributed by atoms with E-state index in [1.165, 1.54) is 12.1 Å². The lowest BCUT2D eigenvalue weighted by atomic mass is 9.81. The number of hydrogen-bond acceptors (Lipinski definition) is 4. The molecule has 1 amide bonds. The Morgan fingerprint density at radius 2 is 2.15 bits per heavy atom. The van der Waals surface area contributed by atoms with E-state index in [4.69, 9.17) is 0 Å². The summed E-state index contributed by atoms with van der Waals surface area (Å²) >= 11 is 0. The minimum absolute atomic E-state index is 0.0153. The maximum atomic E-state index is 13.9. The van der Waals surface area contributed by atoms with Crippen LogP contribution in [0, 0.1) is 11.2 Å². The highest BCUT2D eigenvalue weighted by Crippen LogP contribution is 2.32. The quantitative estimate of drug-likeness (QED) is 0.768. The minimum atomic E-state index is -0.421. The number of carbonyl (C=O) groups is 1. The highest BCUT2D eigenvalue weighted by atomic mass is 19.1. The van der Waals surface area contributed by atoms with Gasteiger partial charge in [0.2, 0.25) is 5.91 Å². The Hall–Kier alpha value is -1.66. The van der Waals surface area contributed by atoms with E-state index in [2.05, 4.69) is 15.5 Å². The SMILES string of the molecule is C[C@@H](NC(=O)[C@]1(C)CCCNC1)c1cc(F)ccc1N1CCC(O)CC1. The molecule has 2 heterocycles. The molecular weight excluding hydrogens is 333 g/mol. The first kappa shape index (κ1) is 19.1. The highest BCUT2D eigenvalue weighted by molar-refractivity contribution is 5.83. The number of aliphatic hydroxyl groups excluding tert-OH is 1. The van der Waals surface area contributed by atoms with Crippen molar-refractivity contribution in [2.24, 2.45) is 5.41 Å². The van der Waals surface area contributed by atoms with Crippen LogP contribution in [-0.2, 0) is 4.79 Å². The maximum Gasteiger partial charge on any atom is 0.227 e. The molecule has 5 nitrogen and oxygen atoms in total. The van der Waals surface area contributed by atoms with Gasteiger partial charge >= 0.3 is 0 Å². The summed E-state index contributed by atoms with van der Waals surface area (Å²) in [6.07, 6.45) is 3.01. The molecule has 0 aromatic heterocycles. The van der Waals surface area contributed by atoms with Gasteiger partial charge in [0.25, 0.3) is 0 Å². The number of piperidine rings is 2. The summed E-state index contributed by atoms with van der Waals surface area (Å²) in [5, 5.41) is 16.1. The van der Waals surface area contributed by atoms with Crippen molar-refractivity contribution in [3.8, 4) is 0 Å². The Bertz CT molecular complexity index is 638. The summed E-state index contributed by atoms with van der Waals surface area (Å²) < 4.78 is 13.9. The van der Waals surface area contributed by atoms with Crippen LogP contribution in [0.2, 0.25) is 0 Å². The normalized spacial score (nSPS) is 25.8. The molecule has 6 heteroatoms. The molecule has 2 atom stereocenters. The predicted octanol–water partition coefficient (Wildman–Crippen LogP) is 2.35. The summed E-state index contributed by atoms with van der Waals surface area (Å²) in [4.78, 5) is 15.0. The third kappa shape index (κ3) is 4.18. The molecule has 2 saturated heterocycles. The van der Waals surface area contributed by atoms with Crippen molar-refractivity contribution in [1.82, 2.24) is 10.6 Å². The van der Waals surface area contributed by atoms with Gasteiger partial charge in [-0.2, -0.15) is 0 Å². The van der Waals surface area contributed by atoms with Crippen molar-refractivity contribution >= 4 is 11.6 Å². The topological polar surface area (TPSA) is 64.6 Å². The van der Waals surface area contributed by atoms with Crippen LogP contribution in [0.5, 0.6) is 0 Å². The molecule has 3 rings (SSSR count). The third-order valence-corrected chi connectivity index (χ3v) is 5.75. The van der Waals surface area contributed by atoms with E-state index < -0.39 is 5.41 Å². The number of halogens is 1. The fourth-order valence-corrected chi connectivity index (χ4v) is 3.97. The summed E-state index contributed by atoms with van der Waals surface area (Å²) in [6.45, 7) is 7.00. The molecule has 3 N–H and O–H groups in total. The van der Waals surface area contributed by atoms with Gasteiger partial charge in [0.15, 0.2) is 0 Å². The number of rotatable bonds is 4. The number of anilines is 1. The van der Waals surface area contributed by atoms with Crippen LogP contribution in [0.25, 0.3) is 0 Å². The van der Waals surface area contributed by atoms with Crippen LogP contribution in [0.3, 0.4) is 0 Å². The minimum Gasteiger partial charge on any atom is -0.393 e. The molecular formula is C20H30FN3O2. The van der Waals surface area contributed by atoms with Crippen LogP contribution in [0.4, 0.5) is 10.1 Å². The zero-order valence-corrected chi connectivity index (χ0v) is 15.7. The van der Waals surface area contributed by atoms with Gasteiger partial charge in [-0.05, 0) is 64.3 Å². The Balaban J connectivity index is 1.76.